The van der Waals surface area contributed by atoms with Gasteiger partial charge in [-0.2, -0.15) is 0 Å². The van der Waals surface area contributed by atoms with Crippen LogP contribution < -0.4 is 10.6 Å². The third-order valence-corrected chi connectivity index (χ3v) is 3.05. The standard InChI is InChI=1S/C13H17BrN2O3/c1-7(2)15-12(18)8(3)16-13(19)9-4-5-10(14)11(17)6-9/h4-8,17H,1-3H3,(H,15,18)(H,16,19). The number of phenolic OH excluding ortho intramolecular Hbond substituents is 1. The molecule has 0 heterocycles. The van der Waals surface area contributed by atoms with Crippen LogP contribution in [0.15, 0.2) is 22.7 Å². The van der Waals surface area contributed by atoms with Crippen LogP contribution in [0.2, 0.25) is 0 Å². The summed E-state index contributed by atoms with van der Waals surface area (Å²) in [5.74, 6) is -0.675. The Hall–Kier alpha value is -1.56. The smallest absolute Gasteiger partial charge is 0.252 e. The highest BCUT2D eigenvalue weighted by molar-refractivity contribution is 9.10. The van der Waals surface area contributed by atoms with Crippen LogP contribution in [-0.4, -0.2) is 29.0 Å². The van der Waals surface area contributed by atoms with Gasteiger partial charge in [0.2, 0.25) is 5.91 Å². The maximum atomic E-state index is 11.9. The van der Waals surface area contributed by atoms with Crippen molar-refractivity contribution in [3.8, 4) is 5.75 Å². The molecule has 0 aliphatic rings. The number of amides is 2. The molecule has 1 unspecified atom stereocenters. The van der Waals surface area contributed by atoms with E-state index in [9.17, 15) is 14.7 Å². The Bertz CT molecular complexity index is 489. The molecule has 0 saturated carbocycles. The number of rotatable bonds is 4. The third kappa shape index (κ3) is 4.55. The molecule has 0 spiro atoms. The number of carbonyl (C=O) groups excluding carboxylic acids is 2. The summed E-state index contributed by atoms with van der Waals surface area (Å²) in [7, 11) is 0. The highest BCUT2D eigenvalue weighted by Crippen LogP contribution is 2.24. The van der Waals surface area contributed by atoms with Crippen LogP contribution >= 0.6 is 15.9 Å². The van der Waals surface area contributed by atoms with Crippen molar-refractivity contribution in [3.63, 3.8) is 0 Å². The van der Waals surface area contributed by atoms with Crippen molar-refractivity contribution < 1.29 is 14.7 Å². The number of nitrogens with one attached hydrogen (secondary N) is 2. The minimum atomic E-state index is -0.638. The third-order valence-electron chi connectivity index (χ3n) is 2.38. The summed E-state index contributed by atoms with van der Waals surface area (Å²) in [6, 6.07) is 3.85. The topological polar surface area (TPSA) is 78.4 Å². The highest BCUT2D eigenvalue weighted by Gasteiger charge is 2.17. The van der Waals surface area contributed by atoms with Crippen LogP contribution in [0.5, 0.6) is 5.75 Å². The van der Waals surface area contributed by atoms with Gasteiger partial charge in [0.1, 0.15) is 11.8 Å². The zero-order valence-electron chi connectivity index (χ0n) is 11.0. The van der Waals surface area contributed by atoms with Crippen molar-refractivity contribution >= 4 is 27.7 Å². The fourth-order valence-corrected chi connectivity index (χ4v) is 1.66. The predicted molar refractivity (Wildman–Crippen MR) is 76.0 cm³/mol. The molecule has 1 aromatic carbocycles. The number of hydrogen-bond acceptors (Lipinski definition) is 3. The van der Waals surface area contributed by atoms with Gasteiger partial charge in [-0.3, -0.25) is 9.59 Å². The van der Waals surface area contributed by atoms with Gasteiger partial charge in [0, 0.05) is 11.6 Å². The van der Waals surface area contributed by atoms with Gasteiger partial charge in [-0.25, -0.2) is 0 Å². The first-order chi connectivity index (χ1) is 8.81. The average molecular weight is 329 g/mol. The second kappa shape index (κ2) is 6.56. The molecule has 0 aliphatic carbocycles. The minimum Gasteiger partial charge on any atom is -0.507 e. The largest absolute Gasteiger partial charge is 0.507 e. The molecular weight excluding hydrogens is 312 g/mol. The molecule has 1 rings (SSSR count). The number of benzene rings is 1. The van der Waals surface area contributed by atoms with Gasteiger partial charge in [-0.05, 0) is 54.9 Å². The van der Waals surface area contributed by atoms with E-state index in [0.717, 1.165) is 0 Å². The quantitative estimate of drug-likeness (QED) is 0.788. The number of halogens is 1. The van der Waals surface area contributed by atoms with E-state index in [0.29, 0.717) is 10.0 Å². The first kappa shape index (κ1) is 15.5. The van der Waals surface area contributed by atoms with Gasteiger partial charge < -0.3 is 15.7 Å². The maximum absolute atomic E-state index is 11.9. The SMILES string of the molecule is CC(C)NC(=O)C(C)NC(=O)c1ccc(Br)c(O)c1. The lowest BCUT2D eigenvalue weighted by Gasteiger charge is -2.16. The minimum absolute atomic E-state index is 0.0172. The van der Waals surface area contributed by atoms with E-state index in [1.54, 1.807) is 19.1 Å². The lowest BCUT2D eigenvalue weighted by Crippen LogP contribution is -2.46. The summed E-state index contributed by atoms with van der Waals surface area (Å²) in [4.78, 5) is 23.5. The summed E-state index contributed by atoms with van der Waals surface area (Å²) >= 11 is 3.13. The first-order valence-electron chi connectivity index (χ1n) is 5.91. The van der Waals surface area contributed by atoms with E-state index in [2.05, 4.69) is 26.6 Å². The van der Waals surface area contributed by atoms with Crippen LogP contribution in [0, 0.1) is 0 Å². The van der Waals surface area contributed by atoms with Gasteiger partial charge in [-0.15, -0.1) is 0 Å². The monoisotopic (exact) mass is 328 g/mol. The van der Waals surface area contributed by atoms with Crippen LogP contribution in [0.25, 0.3) is 0 Å². The summed E-state index contributed by atoms with van der Waals surface area (Å²) in [5.41, 5.74) is 0.296. The summed E-state index contributed by atoms with van der Waals surface area (Å²) < 4.78 is 0.509. The number of carbonyl (C=O) groups is 2. The molecular formula is C13H17BrN2O3. The Morgan fingerprint density at radius 1 is 1.21 bits per heavy atom. The van der Waals surface area contributed by atoms with E-state index in [-0.39, 0.29) is 17.7 Å². The molecule has 19 heavy (non-hydrogen) atoms. The Labute approximate surface area is 120 Å². The van der Waals surface area contributed by atoms with Gasteiger partial charge in [0.15, 0.2) is 0 Å². The van der Waals surface area contributed by atoms with Crippen LogP contribution in [0.1, 0.15) is 31.1 Å². The number of aromatic hydroxyl groups is 1. The van der Waals surface area contributed by atoms with Crippen molar-refractivity contribution in [1.82, 2.24) is 10.6 Å². The molecule has 3 N–H and O–H groups in total. The van der Waals surface area contributed by atoms with E-state index < -0.39 is 11.9 Å². The van der Waals surface area contributed by atoms with Crippen molar-refractivity contribution in [2.45, 2.75) is 32.9 Å². The zero-order valence-corrected chi connectivity index (χ0v) is 12.6. The van der Waals surface area contributed by atoms with E-state index in [1.165, 1.54) is 6.07 Å². The summed E-state index contributed by atoms with van der Waals surface area (Å²) in [5, 5.41) is 14.8. The van der Waals surface area contributed by atoms with Gasteiger partial charge in [0.25, 0.3) is 5.91 Å². The Kier molecular flexibility index (Phi) is 5.35. The molecule has 6 heteroatoms. The van der Waals surface area contributed by atoms with Gasteiger partial charge >= 0.3 is 0 Å². The predicted octanol–water partition coefficient (Wildman–Crippen LogP) is 1.80. The van der Waals surface area contributed by atoms with Crippen molar-refractivity contribution in [3.05, 3.63) is 28.2 Å². The molecule has 2 amide bonds. The van der Waals surface area contributed by atoms with Crippen LogP contribution in [0.3, 0.4) is 0 Å². The van der Waals surface area contributed by atoms with Crippen LogP contribution in [0.4, 0.5) is 0 Å². The zero-order chi connectivity index (χ0) is 14.6. The molecule has 0 radical (unpaired) electrons. The van der Waals surface area contributed by atoms with Crippen molar-refractivity contribution in [1.29, 1.82) is 0 Å². The van der Waals surface area contributed by atoms with Crippen molar-refractivity contribution in [2.24, 2.45) is 0 Å². The van der Waals surface area contributed by atoms with E-state index in [1.807, 2.05) is 13.8 Å². The van der Waals surface area contributed by atoms with E-state index in [4.69, 9.17) is 0 Å². The van der Waals surface area contributed by atoms with E-state index >= 15 is 0 Å². The molecule has 0 aromatic heterocycles. The molecule has 1 atom stereocenters. The van der Waals surface area contributed by atoms with Gasteiger partial charge in [0.05, 0.1) is 4.47 Å². The fraction of sp³-hybridized carbons (Fsp3) is 0.385. The molecule has 0 saturated heterocycles. The molecule has 0 aliphatic heterocycles. The second-order valence-corrected chi connectivity index (χ2v) is 5.38. The van der Waals surface area contributed by atoms with Crippen molar-refractivity contribution in [2.75, 3.05) is 0 Å². The molecule has 5 nitrogen and oxygen atoms in total. The average Bonchev–Trinajstić information content (AvgIpc) is 2.31. The summed E-state index contributed by atoms with van der Waals surface area (Å²) in [6.07, 6.45) is 0. The molecule has 0 bridgehead atoms. The lowest BCUT2D eigenvalue weighted by molar-refractivity contribution is -0.123. The van der Waals surface area contributed by atoms with Gasteiger partial charge in [-0.1, -0.05) is 0 Å². The Balaban J connectivity index is 2.68. The first-order valence-corrected chi connectivity index (χ1v) is 6.70. The fourth-order valence-electron chi connectivity index (χ4n) is 1.41. The Morgan fingerprint density at radius 3 is 2.37 bits per heavy atom. The number of phenols is 1. The highest BCUT2D eigenvalue weighted by atomic mass is 79.9. The maximum Gasteiger partial charge on any atom is 0.252 e. The number of hydrogen-bond donors (Lipinski definition) is 3. The normalized spacial score (nSPS) is 12.1. The molecule has 104 valence electrons. The Morgan fingerprint density at radius 2 is 1.84 bits per heavy atom. The van der Waals surface area contributed by atoms with Crippen LogP contribution in [-0.2, 0) is 4.79 Å². The molecule has 1 aromatic rings. The molecule has 0 fully saturated rings. The lowest BCUT2D eigenvalue weighted by atomic mass is 10.2. The summed E-state index contributed by atoms with van der Waals surface area (Å²) in [6.45, 7) is 5.30. The second-order valence-electron chi connectivity index (χ2n) is 4.52.